The minimum atomic E-state index is -2.82. The number of hydrogen-bond acceptors (Lipinski definition) is 5. The Morgan fingerprint density at radius 1 is 1.31 bits per heavy atom. The van der Waals surface area contributed by atoms with E-state index in [-0.39, 0.29) is 5.75 Å². The summed E-state index contributed by atoms with van der Waals surface area (Å²) in [6, 6.07) is 6.62. The van der Waals surface area contributed by atoms with Gasteiger partial charge in [-0.1, -0.05) is 12.1 Å². The maximum Gasteiger partial charge on any atom is 0.387 e. The Morgan fingerprint density at radius 3 is 2.62 bits per heavy atom. The van der Waals surface area contributed by atoms with Crippen LogP contribution in [0, 0.1) is 6.92 Å². The van der Waals surface area contributed by atoms with Crippen molar-refractivity contribution in [1.82, 2.24) is 25.0 Å². The van der Waals surface area contributed by atoms with Crippen molar-refractivity contribution in [3.05, 3.63) is 41.5 Å². The number of nitrogens with one attached hydrogen (secondary N) is 1. The topological polar surface area (TPSA) is 67.6 Å². The molecule has 0 amide bonds. The highest BCUT2D eigenvalue weighted by atomic mass is 32.2. The average molecular weight is 427 g/mol. The van der Waals surface area contributed by atoms with Crippen LogP contribution in [0.1, 0.15) is 23.6 Å². The molecule has 0 atom stereocenters. The number of thioether (sulfide) groups is 1. The van der Waals surface area contributed by atoms with Crippen molar-refractivity contribution >= 4 is 17.7 Å². The van der Waals surface area contributed by atoms with Crippen LogP contribution < -0.4 is 10.1 Å². The standard InChI is InChI=1S/C19H28F2N6OS/c1-14-24-25-17(27(14)3)12-23-19(22-10-5-11-29-4)26(2)13-15-6-8-16(9-7-15)28-18(20)21/h6-9,18H,5,10-13H2,1-4H3,(H,22,23). The lowest BCUT2D eigenvalue weighted by molar-refractivity contribution is -0.0498. The number of benzene rings is 1. The largest absolute Gasteiger partial charge is 0.435 e. The second kappa shape index (κ2) is 11.6. The minimum Gasteiger partial charge on any atom is -0.435 e. The first-order valence-electron chi connectivity index (χ1n) is 9.27. The Morgan fingerprint density at radius 2 is 2.03 bits per heavy atom. The molecule has 0 bridgehead atoms. The zero-order chi connectivity index (χ0) is 21.2. The molecule has 2 rings (SSSR count). The van der Waals surface area contributed by atoms with Crippen molar-refractivity contribution in [2.75, 3.05) is 25.6 Å². The molecule has 1 heterocycles. The molecule has 160 valence electrons. The molecule has 0 aliphatic heterocycles. The number of aromatic nitrogens is 3. The molecule has 10 heteroatoms. The average Bonchev–Trinajstić information content (AvgIpc) is 3.00. The highest BCUT2D eigenvalue weighted by Crippen LogP contribution is 2.16. The SMILES string of the molecule is CSCCCNC(=NCc1nnc(C)n1C)N(C)Cc1ccc(OC(F)F)cc1. The lowest BCUT2D eigenvalue weighted by Crippen LogP contribution is -2.39. The van der Waals surface area contributed by atoms with Gasteiger partial charge in [-0.15, -0.1) is 10.2 Å². The third-order valence-electron chi connectivity index (χ3n) is 4.29. The van der Waals surface area contributed by atoms with Gasteiger partial charge in [0.25, 0.3) is 0 Å². The van der Waals surface area contributed by atoms with Gasteiger partial charge < -0.3 is 19.5 Å². The Hall–Kier alpha value is -2.36. The summed E-state index contributed by atoms with van der Waals surface area (Å²) in [5.41, 5.74) is 0.960. The quantitative estimate of drug-likeness (QED) is 0.358. The van der Waals surface area contributed by atoms with E-state index in [1.54, 1.807) is 36.0 Å². The van der Waals surface area contributed by atoms with E-state index in [1.807, 2.05) is 30.5 Å². The molecule has 0 saturated heterocycles. The number of nitrogens with zero attached hydrogens (tertiary/aromatic N) is 5. The van der Waals surface area contributed by atoms with Crippen LogP contribution in [0.2, 0.25) is 0 Å². The number of aliphatic imine (C=N–C) groups is 1. The fraction of sp³-hybridized carbons (Fsp3) is 0.526. The lowest BCUT2D eigenvalue weighted by atomic mass is 10.2. The van der Waals surface area contributed by atoms with Gasteiger partial charge in [0.05, 0.1) is 0 Å². The van der Waals surface area contributed by atoms with Crippen LogP contribution in [0.5, 0.6) is 5.75 Å². The summed E-state index contributed by atoms with van der Waals surface area (Å²) >= 11 is 1.80. The van der Waals surface area contributed by atoms with Gasteiger partial charge in [0.2, 0.25) is 0 Å². The number of ether oxygens (including phenoxy) is 1. The summed E-state index contributed by atoms with van der Waals surface area (Å²) in [4.78, 5) is 6.69. The van der Waals surface area contributed by atoms with Gasteiger partial charge >= 0.3 is 6.61 Å². The van der Waals surface area contributed by atoms with Gasteiger partial charge in [0, 0.05) is 27.2 Å². The highest BCUT2D eigenvalue weighted by Gasteiger charge is 2.10. The zero-order valence-corrected chi connectivity index (χ0v) is 18.0. The van der Waals surface area contributed by atoms with Crippen molar-refractivity contribution in [2.45, 2.75) is 33.0 Å². The molecule has 1 aromatic carbocycles. The fourth-order valence-corrected chi connectivity index (χ4v) is 3.02. The summed E-state index contributed by atoms with van der Waals surface area (Å²) in [5, 5.41) is 11.6. The molecule has 0 spiro atoms. The van der Waals surface area contributed by atoms with Crippen LogP contribution in [-0.4, -0.2) is 57.8 Å². The van der Waals surface area contributed by atoms with Crippen LogP contribution in [-0.2, 0) is 20.1 Å². The Bertz CT molecular complexity index is 782. The number of alkyl halides is 2. The summed E-state index contributed by atoms with van der Waals surface area (Å²) in [6.45, 7) is 0.865. The van der Waals surface area contributed by atoms with Crippen molar-refractivity contribution in [2.24, 2.45) is 12.0 Å². The fourth-order valence-electron chi connectivity index (χ4n) is 2.59. The minimum absolute atomic E-state index is 0.146. The Kier molecular flexibility index (Phi) is 9.17. The van der Waals surface area contributed by atoms with Crippen molar-refractivity contribution in [1.29, 1.82) is 0 Å². The van der Waals surface area contributed by atoms with Crippen LogP contribution in [0.3, 0.4) is 0 Å². The Labute approximate surface area is 174 Å². The first-order valence-corrected chi connectivity index (χ1v) is 10.7. The van der Waals surface area contributed by atoms with E-state index < -0.39 is 6.61 Å². The molecular weight excluding hydrogens is 398 g/mol. The van der Waals surface area contributed by atoms with Crippen LogP contribution >= 0.6 is 11.8 Å². The van der Waals surface area contributed by atoms with Crippen LogP contribution in [0.15, 0.2) is 29.3 Å². The van der Waals surface area contributed by atoms with E-state index in [0.29, 0.717) is 13.1 Å². The summed E-state index contributed by atoms with van der Waals surface area (Å²) in [5.74, 6) is 3.59. The third kappa shape index (κ3) is 7.52. The highest BCUT2D eigenvalue weighted by molar-refractivity contribution is 7.98. The molecule has 0 unspecified atom stereocenters. The van der Waals surface area contributed by atoms with Gasteiger partial charge in [0.15, 0.2) is 11.8 Å². The monoisotopic (exact) mass is 426 g/mol. The molecule has 0 saturated carbocycles. The van der Waals surface area contributed by atoms with Crippen LogP contribution in [0.4, 0.5) is 8.78 Å². The molecule has 0 aliphatic rings. The molecular formula is C19H28F2N6OS. The number of halogens is 2. The molecule has 2 aromatic rings. The summed E-state index contributed by atoms with van der Waals surface area (Å²) < 4.78 is 30.9. The van der Waals surface area contributed by atoms with Crippen LogP contribution in [0.25, 0.3) is 0 Å². The van der Waals surface area contributed by atoms with Gasteiger partial charge in [-0.25, -0.2) is 4.99 Å². The van der Waals surface area contributed by atoms with Gasteiger partial charge in [-0.05, 0) is 43.0 Å². The normalized spacial score (nSPS) is 11.8. The molecule has 1 N–H and O–H groups in total. The molecule has 0 radical (unpaired) electrons. The lowest BCUT2D eigenvalue weighted by Gasteiger charge is -2.23. The van der Waals surface area contributed by atoms with E-state index in [9.17, 15) is 8.78 Å². The number of rotatable bonds is 10. The molecule has 0 aliphatic carbocycles. The maximum absolute atomic E-state index is 12.3. The van der Waals surface area contributed by atoms with Gasteiger partial charge in [-0.3, -0.25) is 0 Å². The maximum atomic E-state index is 12.3. The van der Waals surface area contributed by atoms with Crippen molar-refractivity contribution in [3.8, 4) is 5.75 Å². The molecule has 0 fully saturated rings. The smallest absolute Gasteiger partial charge is 0.387 e. The second-order valence-corrected chi connectivity index (χ2v) is 7.50. The van der Waals surface area contributed by atoms with E-state index >= 15 is 0 Å². The number of aryl methyl sites for hydroxylation is 1. The number of guanidine groups is 1. The van der Waals surface area contributed by atoms with Crippen molar-refractivity contribution in [3.63, 3.8) is 0 Å². The predicted molar refractivity (Wildman–Crippen MR) is 112 cm³/mol. The van der Waals surface area contributed by atoms with Gasteiger partial charge in [0.1, 0.15) is 18.1 Å². The first-order chi connectivity index (χ1) is 13.9. The molecule has 1 aromatic heterocycles. The van der Waals surface area contributed by atoms with E-state index in [0.717, 1.165) is 41.9 Å². The predicted octanol–water partition coefficient (Wildman–Crippen LogP) is 3.06. The van der Waals surface area contributed by atoms with E-state index in [4.69, 9.17) is 4.99 Å². The zero-order valence-electron chi connectivity index (χ0n) is 17.2. The molecule has 29 heavy (non-hydrogen) atoms. The summed E-state index contributed by atoms with van der Waals surface area (Å²) in [6.07, 6.45) is 3.11. The van der Waals surface area contributed by atoms with Gasteiger partial charge in [-0.2, -0.15) is 20.5 Å². The summed E-state index contributed by atoms with van der Waals surface area (Å²) in [7, 11) is 3.85. The van der Waals surface area contributed by atoms with Crippen molar-refractivity contribution < 1.29 is 13.5 Å². The number of hydrogen-bond donors (Lipinski definition) is 1. The second-order valence-electron chi connectivity index (χ2n) is 6.51. The molecule has 7 nitrogen and oxygen atoms in total. The Balaban J connectivity index is 2.05. The van der Waals surface area contributed by atoms with E-state index in [2.05, 4.69) is 26.5 Å². The third-order valence-corrected chi connectivity index (χ3v) is 4.99. The first kappa shape index (κ1) is 22.9. The van der Waals surface area contributed by atoms with E-state index in [1.165, 1.54) is 0 Å².